The molecule has 1 unspecified atom stereocenters. The number of hydrogen-bond donors (Lipinski definition) is 1. The minimum Gasteiger partial charge on any atom is -0.298 e. The van der Waals surface area contributed by atoms with E-state index in [1.807, 2.05) is 25.1 Å². The van der Waals surface area contributed by atoms with Crippen LogP contribution in [0.15, 0.2) is 42.5 Å². The first-order valence-corrected chi connectivity index (χ1v) is 5.47. The van der Waals surface area contributed by atoms with Crippen LogP contribution < -0.4 is 5.32 Å². The minimum atomic E-state index is -0.213. The summed E-state index contributed by atoms with van der Waals surface area (Å²) in [5.74, 6) is 0. The molecule has 0 amide bonds. The minimum absolute atomic E-state index is 0.213. The van der Waals surface area contributed by atoms with E-state index in [9.17, 15) is 0 Å². The molecule has 2 aromatic carbocycles. The molecule has 0 radical (unpaired) electrons. The van der Waals surface area contributed by atoms with Gasteiger partial charge in [-0.05, 0) is 28.9 Å². The SMILES string of the molecule is CCNC(C#N)c1ccc2ccccc2c1. The average Bonchev–Trinajstić information content (AvgIpc) is 2.35. The number of benzene rings is 2. The maximum Gasteiger partial charge on any atom is 0.121 e. The van der Waals surface area contributed by atoms with Gasteiger partial charge in [0, 0.05) is 0 Å². The van der Waals surface area contributed by atoms with Crippen LogP contribution in [0.3, 0.4) is 0 Å². The third-order valence-corrected chi connectivity index (χ3v) is 2.64. The van der Waals surface area contributed by atoms with Crippen LogP contribution >= 0.6 is 0 Å². The third kappa shape index (κ3) is 2.05. The fraction of sp³-hybridized carbons (Fsp3) is 0.214. The van der Waals surface area contributed by atoms with E-state index in [0.717, 1.165) is 12.1 Å². The second-order valence-corrected chi connectivity index (χ2v) is 3.73. The summed E-state index contributed by atoms with van der Waals surface area (Å²) in [6, 6.07) is 16.4. The predicted molar refractivity (Wildman–Crippen MR) is 66.0 cm³/mol. The molecule has 0 aliphatic rings. The summed E-state index contributed by atoms with van der Waals surface area (Å²) in [6.45, 7) is 2.80. The van der Waals surface area contributed by atoms with Gasteiger partial charge in [0.25, 0.3) is 0 Å². The number of nitriles is 1. The molecule has 16 heavy (non-hydrogen) atoms. The maximum absolute atomic E-state index is 9.07. The Balaban J connectivity index is 2.42. The Morgan fingerprint density at radius 1 is 1.19 bits per heavy atom. The van der Waals surface area contributed by atoms with Crippen LogP contribution in [0.1, 0.15) is 18.5 Å². The van der Waals surface area contributed by atoms with Crippen molar-refractivity contribution in [3.05, 3.63) is 48.0 Å². The molecule has 1 atom stereocenters. The van der Waals surface area contributed by atoms with Crippen molar-refractivity contribution < 1.29 is 0 Å². The van der Waals surface area contributed by atoms with Crippen molar-refractivity contribution in [1.82, 2.24) is 5.32 Å². The Kier molecular flexibility index (Phi) is 3.19. The topological polar surface area (TPSA) is 35.8 Å². The molecule has 0 aromatic heterocycles. The molecule has 0 saturated carbocycles. The summed E-state index contributed by atoms with van der Waals surface area (Å²) in [7, 11) is 0. The Morgan fingerprint density at radius 2 is 1.94 bits per heavy atom. The highest BCUT2D eigenvalue weighted by Gasteiger charge is 2.08. The van der Waals surface area contributed by atoms with Gasteiger partial charge < -0.3 is 0 Å². The van der Waals surface area contributed by atoms with Crippen LogP contribution in [0.5, 0.6) is 0 Å². The van der Waals surface area contributed by atoms with Crippen molar-refractivity contribution in [3.63, 3.8) is 0 Å². The van der Waals surface area contributed by atoms with Gasteiger partial charge in [0.05, 0.1) is 6.07 Å². The highest BCUT2D eigenvalue weighted by molar-refractivity contribution is 5.83. The lowest BCUT2D eigenvalue weighted by molar-refractivity contribution is 0.659. The summed E-state index contributed by atoms with van der Waals surface area (Å²) in [5, 5.41) is 14.6. The lowest BCUT2D eigenvalue weighted by atomic mass is 10.0. The molecule has 0 fully saturated rings. The van der Waals surface area contributed by atoms with Crippen molar-refractivity contribution >= 4 is 10.8 Å². The number of fused-ring (bicyclic) bond motifs is 1. The van der Waals surface area contributed by atoms with Crippen LogP contribution in [-0.2, 0) is 0 Å². The third-order valence-electron chi connectivity index (χ3n) is 2.64. The van der Waals surface area contributed by atoms with E-state index < -0.39 is 0 Å². The largest absolute Gasteiger partial charge is 0.298 e. The number of hydrogen-bond acceptors (Lipinski definition) is 2. The number of rotatable bonds is 3. The van der Waals surface area contributed by atoms with Crippen LogP contribution in [-0.4, -0.2) is 6.54 Å². The number of nitrogens with one attached hydrogen (secondary N) is 1. The second-order valence-electron chi connectivity index (χ2n) is 3.73. The maximum atomic E-state index is 9.07. The van der Waals surface area contributed by atoms with E-state index in [4.69, 9.17) is 5.26 Å². The Bertz CT molecular complexity index is 525. The molecule has 2 heteroatoms. The molecule has 0 heterocycles. The molecule has 0 spiro atoms. The first kappa shape index (κ1) is 10.7. The van der Waals surface area contributed by atoms with Crippen LogP contribution in [0.25, 0.3) is 10.8 Å². The first-order chi connectivity index (χ1) is 7.85. The molecule has 2 rings (SSSR count). The van der Waals surface area contributed by atoms with E-state index in [1.54, 1.807) is 0 Å². The van der Waals surface area contributed by atoms with Crippen molar-refractivity contribution in [2.24, 2.45) is 0 Å². The average molecular weight is 210 g/mol. The summed E-state index contributed by atoms with van der Waals surface area (Å²) in [6.07, 6.45) is 0. The smallest absolute Gasteiger partial charge is 0.121 e. The van der Waals surface area contributed by atoms with Gasteiger partial charge in [-0.25, -0.2) is 0 Å². The van der Waals surface area contributed by atoms with Crippen molar-refractivity contribution in [2.45, 2.75) is 13.0 Å². The molecule has 1 N–H and O–H groups in total. The molecule has 0 saturated heterocycles. The van der Waals surface area contributed by atoms with E-state index in [1.165, 1.54) is 10.8 Å². The summed E-state index contributed by atoms with van der Waals surface area (Å²) in [5.41, 5.74) is 1.03. The highest BCUT2D eigenvalue weighted by Crippen LogP contribution is 2.19. The van der Waals surface area contributed by atoms with Gasteiger partial charge in [0.2, 0.25) is 0 Å². The Morgan fingerprint density at radius 3 is 2.62 bits per heavy atom. The van der Waals surface area contributed by atoms with Crippen molar-refractivity contribution in [3.8, 4) is 6.07 Å². The predicted octanol–water partition coefficient (Wildman–Crippen LogP) is 3.01. The summed E-state index contributed by atoms with van der Waals surface area (Å²) < 4.78 is 0. The molecule has 80 valence electrons. The van der Waals surface area contributed by atoms with Gasteiger partial charge in [-0.2, -0.15) is 5.26 Å². The Labute approximate surface area is 95.5 Å². The van der Waals surface area contributed by atoms with Gasteiger partial charge in [-0.15, -0.1) is 0 Å². The molecule has 2 nitrogen and oxygen atoms in total. The number of nitrogens with zero attached hydrogens (tertiary/aromatic N) is 1. The van der Waals surface area contributed by atoms with Gasteiger partial charge in [-0.3, -0.25) is 5.32 Å². The van der Waals surface area contributed by atoms with Gasteiger partial charge >= 0.3 is 0 Å². The van der Waals surface area contributed by atoms with E-state index in [-0.39, 0.29) is 6.04 Å². The van der Waals surface area contributed by atoms with Gasteiger partial charge in [0.1, 0.15) is 6.04 Å². The quantitative estimate of drug-likeness (QED) is 0.845. The van der Waals surface area contributed by atoms with Gasteiger partial charge in [-0.1, -0.05) is 43.3 Å². The second kappa shape index (κ2) is 4.78. The summed E-state index contributed by atoms with van der Waals surface area (Å²) >= 11 is 0. The van der Waals surface area contributed by atoms with Crippen LogP contribution in [0.4, 0.5) is 0 Å². The standard InChI is InChI=1S/C14H14N2/c1-2-16-14(10-15)13-8-7-11-5-3-4-6-12(11)9-13/h3-9,14,16H,2H2,1H3. The normalized spacial score (nSPS) is 12.2. The van der Waals surface area contributed by atoms with Crippen molar-refractivity contribution in [1.29, 1.82) is 5.26 Å². The molecule has 0 aliphatic carbocycles. The molecular formula is C14H14N2. The lowest BCUT2D eigenvalue weighted by Gasteiger charge is -2.10. The van der Waals surface area contributed by atoms with Gasteiger partial charge in [0.15, 0.2) is 0 Å². The van der Waals surface area contributed by atoms with Crippen LogP contribution in [0, 0.1) is 11.3 Å². The highest BCUT2D eigenvalue weighted by atomic mass is 14.9. The zero-order chi connectivity index (χ0) is 11.4. The monoisotopic (exact) mass is 210 g/mol. The zero-order valence-corrected chi connectivity index (χ0v) is 9.27. The lowest BCUT2D eigenvalue weighted by Crippen LogP contribution is -2.18. The first-order valence-electron chi connectivity index (χ1n) is 5.47. The Hall–Kier alpha value is -1.85. The molecular weight excluding hydrogens is 196 g/mol. The van der Waals surface area contributed by atoms with Crippen molar-refractivity contribution in [2.75, 3.05) is 6.54 Å². The summed E-state index contributed by atoms with van der Waals surface area (Å²) in [4.78, 5) is 0. The fourth-order valence-corrected chi connectivity index (χ4v) is 1.83. The van der Waals surface area contributed by atoms with E-state index >= 15 is 0 Å². The fourth-order valence-electron chi connectivity index (χ4n) is 1.83. The zero-order valence-electron chi connectivity index (χ0n) is 9.27. The van der Waals surface area contributed by atoms with E-state index in [2.05, 4.69) is 35.7 Å². The molecule has 0 aliphatic heterocycles. The van der Waals surface area contributed by atoms with Crippen LogP contribution in [0.2, 0.25) is 0 Å². The molecule has 0 bridgehead atoms. The van der Waals surface area contributed by atoms with E-state index in [0.29, 0.717) is 0 Å². The molecule has 2 aromatic rings.